The average Bonchev–Trinajstić information content (AvgIpc) is 2.72. The molecule has 4 heteroatoms. The van der Waals surface area contributed by atoms with E-state index in [-0.39, 0.29) is 24.1 Å². The maximum atomic E-state index is 9.67. The van der Waals surface area contributed by atoms with Gasteiger partial charge in [0.15, 0.2) is 0 Å². The highest BCUT2D eigenvalue weighted by Crippen LogP contribution is 2.27. The van der Waals surface area contributed by atoms with Gasteiger partial charge in [0.1, 0.15) is 0 Å². The topological polar surface area (TPSA) is 64.1 Å². The number of aliphatic hydroxyl groups is 1. The summed E-state index contributed by atoms with van der Waals surface area (Å²) in [4.78, 5) is 0. The van der Waals surface area contributed by atoms with E-state index >= 15 is 0 Å². The van der Waals surface area contributed by atoms with Gasteiger partial charge in [-0.1, -0.05) is 34.6 Å². The quantitative estimate of drug-likeness (QED) is 0.842. The Morgan fingerprint density at radius 3 is 2.33 bits per heavy atom. The van der Waals surface area contributed by atoms with Gasteiger partial charge in [0.2, 0.25) is 0 Å². The first-order valence-electron chi connectivity index (χ1n) is 6.78. The molecule has 104 valence electrons. The number of hydrogen-bond acceptors (Lipinski definition) is 3. The van der Waals surface area contributed by atoms with Crippen molar-refractivity contribution in [2.75, 3.05) is 6.61 Å². The van der Waals surface area contributed by atoms with Gasteiger partial charge >= 0.3 is 0 Å². The predicted molar refractivity (Wildman–Crippen MR) is 74.5 cm³/mol. The molecule has 2 atom stereocenters. The van der Waals surface area contributed by atoms with Crippen LogP contribution in [0, 0.1) is 5.41 Å². The minimum Gasteiger partial charge on any atom is -0.394 e. The molecule has 18 heavy (non-hydrogen) atoms. The number of nitrogens with zero attached hydrogens (tertiary/aromatic N) is 2. The molecule has 0 saturated heterocycles. The molecule has 1 rings (SSSR count). The van der Waals surface area contributed by atoms with Gasteiger partial charge in [-0.25, -0.2) is 0 Å². The minimum absolute atomic E-state index is 0.0241. The highest BCUT2D eigenvalue weighted by Gasteiger charge is 2.31. The van der Waals surface area contributed by atoms with E-state index in [1.807, 2.05) is 4.68 Å². The zero-order valence-electron chi connectivity index (χ0n) is 12.3. The number of aliphatic hydroxyl groups excluding tert-OH is 1. The smallest absolute Gasteiger partial charge is 0.0908 e. The lowest BCUT2D eigenvalue weighted by Crippen LogP contribution is -2.45. The Labute approximate surface area is 110 Å². The molecule has 1 heterocycles. The van der Waals surface area contributed by atoms with E-state index in [1.54, 1.807) is 0 Å². The Morgan fingerprint density at radius 1 is 1.33 bits per heavy atom. The summed E-state index contributed by atoms with van der Waals surface area (Å²) in [5.74, 6) is 0. The summed E-state index contributed by atoms with van der Waals surface area (Å²) < 4.78 is 1.93. The molecule has 1 aromatic rings. The molecule has 0 amide bonds. The lowest BCUT2D eigenvalue weighted by atomic mass is 9.83. The van der Waals surface area contributed by atoms with Crippen LogP contribution in [0.1, 0.15) is 52.0 Å². The molecular weight excluding hydrogens is 226 g/mol. The molecular formula is C14H27N3O. The van der Waals surface area contributed by atoms with Crippen LogP contribution >= 0.6 is 0 Å². The largest absolute Gasteiger partial charge is 0.394 e. The van der Waals surface area contributed by atoms with Gasteiger partial charge in [-0.15, -0.1) is 0 Å². The third-order valence-corrected chi connectivity index (χ3v) is 3.50. The molecule has 4 nitrogen and oxygen atoms in total. The lowest BCUT2D eigenvalue weighted by molar-refractivity contribution is 0.143. The molecule has 2 unspecified atom stereocenters. The van der Waals surface area contributed by atoms with Crippen LogP contribution < -0.4 is 5.73 Å². The van der Waals surface area contributed by atoms with Crippen molar-refractivity contribution in [2.24, 2.45) is 11.1 Å². The molecule has 0 spiro atoms. The van der Waals surface area contributed by atoms with E-state index in [4.69, 9.17) is 5.73 Å². The molecule has 0 bridgehead atoms. The summed E-state index contributed by atoms with van der Waals surface area (Å²) in [6, 6.07) is 1.83. The standard InChI is InChI=1S/C14H27N3O/c1-6-10-8-11(7-2)17(16-10)12(9-18)13(15)14(3,4)5/h8,12-13,18H,6-7,9,15H2,1-5H3. The van der Waals surface area contributed by atoms with E-state index in [1.165, 1.54) is 0 Å². The van der Waals surface area contributed by atoms with Crippen LogP contribution in [0.4, 0.5) is 0 Å². The van der Waals surface area contributed by atoms with Gasteiger partial charge in [0, 0.05) is 11.7 Å². The van der Waals surface area contributed by atoms with Crippen molar-refractivity contribution in [3.05, 3.63) is 17.5 Å². The van der Waals surface area contributed by atoms with Crippen LogP contribution in [0.3, 0.4) is 0 Å². The highest BCUT2D eigenvalue weighted by atomic mass is 16.3. The fraction of sp³-hybridized carbons (Fsp3) is 0.786. The van der Waals surface area contributed by atoms with Crippen molar-refractivity contribution in [3.63, 3.8) is 0 Å². The molecule has 0 aliphatic carbocycles. The highest BCUT2D eigenvalue weighted by molar-refractivity contribution is 5.12. The van der Waals surface area contributed by atoms with Gasteiger partial charge in [0.05, 0.1) is 18.3 Å². The maximum Gasteiger partial charge on any atom is 0.0908 e. The van der Waals surface area contributed by atoms with E-state index in [0.717, 1.165) is 24.2 Å². The zero-order chi connectivity index (χ0) is 13.9. The van der Waals surface area contributed by atoms with Gasteiger partial charge in [-0.2, -0.15) is 5.10 Å². The van der Waals surface area contributed by atoms with Gasteiger partial charge < -0.3 is 10.8 Å². The lowest BCUT2D eigenvalue weighted by Gasteiger charge is -2.34. The van der Waals surface area contributed by atoms with E-state index in [9.17, 15) is 5.11 Å². The van der Waals surface area contributed by atoms with Crippen LogP contribution in [-0.4, -0.2) is 27.5 Å². The Morgan fingerprint density at radius 2 is 1.94 bits per heavy atom. The normalized spacial score (nSPS) is 15.7. The summed E-state index contributed by atoms with van der Waals surface area (Å²) in [5, 5.41) is 14.3. The second-order valence-electron chi connectivity index (χ2n) is 5.92. The van der Waals surface area contributed by atoms with Crippen LogP contribution in [-0.2, 0) is 12.8 Å². The zero-order valence-corrected chi connectivity index (χ0v) is 12.3. The first-order chi connectivity index (χ1) is 8.35. The number of nitrogens with two attached hydrogens (primary N) is 1. The van der Waals surface area contributed by atoms with Crippen molar-refractivity contribution in [2.45, 2.75) is 59.5 Å². The number of aromatic nitrogens is 2. The average molecular weight is 253 g/mol. The number of aryl methyl sites for hydroxylation is 2. The second kappa shape index (κ2) is 5.85. The molecule has 1 aromatic heterocycles. The van der Waals surface area contributed by atoms with Crippen LogP contribution in [0.25, 0.3) is 0 Å². The molecule has 0 aromatic carbocycles. The number of hydrogen-bond donors (Lipinski definition) is 2. The molecule has 0 saturated carbocycles. The molecule has 0 aliphatic rings. The first kappa shape index (κ1) is 15.2. The van der Waals surface area contributed by atoms with Crippen molar-refractivity contribution in [1.29, 1.82) is 0 Å². The third-order valence-electron chi connectivity index (χ3n) is 3.50. The second-order valence-corrected chi connectivity index (χ2v) is 5.92. The Balaban J connectivity index is 3.12. The Kier molecular flexibility index (Phi) is 4.93. The Bertz CT molecular complexity index is 379. The molecule has 0 radical (unpaired) electrons. The fourth-order valence-corrected chi connectivity index (χ4v) is 2.13. The minimum atomic E-state index is -0.153. The Hall–Kier alpha value is -0.870. The van der Waals surface area contributed by atoms with Crippen molar-refractivity contribution in [3.8, 4) is 0 Å². The van der Waals surface area contributed by atoms with Crippen molar-refractivity contribution in [1.82, 2.24) is 9.78 Å². The number of rotatable bonds is 5. The summed E-state index contributed by atoms with van der Waals surface area (Å²) in [6.45, 7) is 10.5. The summed E-state index contributed by atoms with van der Waals surface area (Å²) in [7, 11) is 0. The predicted octanol–water partition coefficient (Wildman–Crippen LogP) is 1.91. The molecule has 0 fully saturated rings. The van der Waals surface area contributed by atoms with Crippen LogP contribution in [0.5, 0.6) is 0 Å². The SMILES string of the molecule is CCc1cc(CC)n(C(CO)C(N)C(C)(C)C)n1. The molecule has 0 aliphatic heterocycles. The van der Waals surface area contributed by atoms with Crippen molar-refractivity contribution >= 4 is 0 Å². The van der Waals surface area contributed by atoms with E-state index in [2.05, 4.69) is 45.8 Å². The van der Waals surface area contributed by atoms with Crippen LogP contribution in [0.2, 0.25) is 0 Å². The summed E-state index contributed by atoms with van der Waals surface area (Å²) in [6.07, 6.45) is 1.81. The first-order valence-corrected chi connectivity index (χ1v) is 6.78. The maximum absolute atomic E-state index is 9.67. The van der Waals surface area contributed by atoms with Gasteiger partial charge in [0.25, 0.3) is 0 Å². The van der Waals surface area contributed by atoms with E-state index < -0.39 is 0 Å². The van der Waals surface area contributed by atoms with Crippen LogP contribution in [0.15, 0.2) is 6.07 Å². The monoisotopic (exact) mass is 253 g/mol. The van der Waals surface area contributed by atoms with Crippen molar-refractivity contribution < 1.29 is 5.11 Å². The van der Waals surface area contributed by atoms with E-state index in [0.29, 0.717) is 0 Å². The third kappa shape index (κ3) is 3.12. The molecule has 3 N–H and O–H groups in total. The summed E-state index contributed by atoms with van der Waals surface area (Å²) in [5.41, 5.74) is 8.44. The fourth-order valence-electron chi connectivity index (χ4n) is 2.13. The van der Waals surface area contributed by atoms with Gasteiger partial charge in [-0.3, -0.25) is 4.68 Å². The van der Waals surface area contributed by atoms with Gasteiger partial charge in [-0.05, 0) is 24.3 Å². The summed E-state index contributed by atoms with van der Waals surface area (Å²) >= 11 is 0.